The highest BCUT2D eigenvalue weighted by Gasteiger charge is 2.33. The van der Waals surface area contributed by atoms with Crippen molar-refractivity contribution >= 4 is 17.5 Å². The Kier molecular flexibility index (Phi) is 5.04. The van der Waals surface area contributed by atoms with Crippen molar-refractivity contribution in [2.24, 2.45) is 0 Å². The molecule has 2 N–H and O–H groups in total. The van der Waals surface area contributed by atoms with Crippen LogP contribution in [-0.2, 0) is 6.42 Å². The summed E-state index contributed by atoms with van der Waals surface area (Å²) < 4.78 is 42.2. The van der Waals surface area contributed by atoms with Crippen molar-refractivity contribution in [1.29, 1.82) is 5.26 Å². The van der Waals surface area contributed by atoms with Crippen molar-refractivity contribution in [3.8, 4) is 6.07 Å². The molecule has 8 heteroatoms. The third kappa shape index (κ3) is 3.43. The molecule has 1 atom stereocenters. The largest absolute Gasteiger partial charge is 0.373 e. The second kappa shape index (κ2) is 7.67. The number of hydrogen-bond donors (Lipinski definition) is 2. The molecule has 30 heavy (non-hydrogen) atoms. The topological polar surface area (TPSA) is 73.6 Å². The Labute approximate surface area is 171 Å². The van der Waals surface area contributed by atoms with E-state index in [0.717, 1.165) is 11.1 Å². The van der Waals surface area contributed by atoms with Gasteiger partial charge in [0.1, 0.15) is 23.3 Å². The molecule has 5 nitrogen and oxygen atoms in total. The number of aromatic nitrogens is 2. The molecule has 1 aliphatic rings. The summed E-state index contributed by atoms with van der Waals surface area (Å²) in [7, 11) is 1.71. The number of halogens is 3. The maximum absolute atomic E-state index is 14.4. The number of nitriles is 1. The lowest BCUT2D eigenvalue weighted by molar-refractivity contribution is 0.510. The highest BCUT2D eigenvalue weighted by Crippen LogP contribution is 2.42. The van der Waals surface area contributed by atoms with Crippen LogP contribution in [0.2, 0.25) is 0 Å². The molecule has 0 radical (unpaired) electrons. The maximum Gasteiger partial charge on any atom is 0.229 e. The predicted octanol–water partition coefficient (Wildman–Crippen LogP) is 4.94. The second-order valence-electron chi connectivity index (χ2n) is 7.15. The van der Waals surface area contributed by atoms with Crippen LogP contribution < -0.4 is 10.6 Å². The molecule has 1 heterocycles. The molecular formula is C22H18F3N5. The van der Waals surface area contributed by atoms with Gasteiger partial charge in [0.2, 0.25) is 5.95 Å². The summed E-state index contributed by atoms with van der Waals surface area (Å²) in [5.74, 6) is -2.61. The fourth-order valence-corrected chi connectivity index (χ4v) is 3.89. The van der Waals surface area contributed by atoms with Crippen molar-refractivity contribution < 1.29 is 13.2 Å². The zero-order valence-electron chi connectivity index (χ0n) is 16.4. The summed E-state index contributed by atoms with van der Waals surface area (Å²) in [5, 5.41) is 15.2. The summed E-state index contributed by atoms with van der Waals surface area (Å²) in [6.45, 7) is 1.82. The minimum Gasteiger partial charge on any atom is -0.373 e. The Bertz CT molecular complexity index is 1160. The molecule has 3 aromatic rings. The standard InChI is InChI=1S/C22H18F3N5/c1-11-7-14(4-3-12(11)10-26)28-22-29-20-15(5-6-16(20)21(27-2)30-22)19-17(24)8-13(23)9-18(19)25/h3-4,7-9,15H,5-6H2,1-2H3,(H2,27,28,29,30)/t15-/m1/s1. The first-order chi connectivity index (χ1) is 14.4. The highest BCUT2D eigenvalue weighted by molar-refractivity contribution is 5.61. The van der Waals surface area contributed by atoms with Gasteiger partial charge in [0.05, 0.1) is 17.3 Å². The summed E-state index contributed by atoms with van der Waals surface area (Å²) >= 11 is 0. The molecule has 1 aromatic heterocycles. The van der Waals surface area contributed by atoms with E-state index in [4.69, 9.17) is 5.26 Å². The second-order valence-corrected chi connectivity index (χ2v) is 7.15. The van der Waals surface area contributed by atoms with E-state index in [1.165, 1.54) is 0 Å². The van der Waals surface area contributed by atoms with Gasteiger partial charge < -0.3 is 10.6 Å². The number of nitrogens with zero attached hydrogens (tertiary/aromatic N) is 3. The molecule has 0 unspecified atom stereocenters. The molecule has 0 bridgehead atoms. The van der Waals surface area contributed by atoms with E-state index < -0.39 is 23.4 Å². The summed E-state index contributed by atoms with van der Waals surface area (Å²) in [6, 6.07) is 8.71. The fraction of sp³-hybridized carbons (Fsp3) is 0.227. The van der Waals surface area contributed by atoms with Crippen LogP contribution in [0.4, 0.5) is 30.6 Å². The van der Waals surface area contributed by atoms with Gasteiger partial charge in [0.25, 0.3) is 0 Å². The van der Waals surface area contributed by atoms with Crippen LogP contribution >= 0.6 is 0 Å². The van der Waals surface area contributed by atoms with Crippen molar-refractivity contribution in [2.45, 2.75) is 25.7 Å². The van der Waals surface area contributed by atoms with Crippen LogP contribution in [0.25, 0.3) is 0 Å². The van der Waals surface area contributed by atoms with E-state index in [9.17, 15) is 13.2 Å². The quantitative estimate of drug-likeness (QED) is 0.639. The van der Waals surface area contributed by atoms with E-state index in [-0.39, 0.29) is 11.5 Å². The molecule has 2 aromatic carbocycles. The molecule has 0 amide bonds. The van der Waals surface area contributed by atoms with Gasteiger partial charge in [0.15, 0.2) is 0 Å². The monoisotopic (exact) mass is 409 g/mol. The zero-order valence-corrected chi connectivity index (χ0v) is 16.4. The van der Waals surface area contributed by atoms with Crippen molar-refractivity contribution in [2.75, 3.05) is 17.7 Å². The molecule has 0 saturated heterocycles. The molecular weight excluding hydrogens is 391 g/mol. The van der Waals surface area contributed by atoms with Crippen LogP contribution in [-0.4, -0.2) is 17.0 Å². The van der Waals surface area contributed by atoms with Crippen molar-refractivity contribution in [3.05, 3.63) is 75.7 Å². The number of hydrogen-bond acceptors (Lipinski definition) is 5. The predicted molar refractivity (Wildman–Crippen MR) is 107 cm³/mol. The van der Waals surface area contributed by atoms with Crippen LogP contribution in [0.1, 0.15) is 40.3 Å². The number of fused-ring (bicyclic) bond motifs is 1. The average molecular weight is 409 g/mol. The Balaban J connectivity index is 1.76. The fourth-order valence-electron chi connectivity index (χ4n) is 3.89. The van der Waals surface area contributed by atoms with Crippen LogP contribution in [0.3, 0.4) is 0 Å². The number of anilines is 3. The zero-order chi connectivity index (χ0) is 21.4. The Morgan fingerprint density at radius 1 is 1.10 bits per heavy atom. The van der Waals surface area contributed by atoms with Crippen LogP contribution in [0, 0.1) is 35.7 Å². The van der Waals surface area contributed by atoms with Gasteiger partial charge in [0, 0.05) is 41.9 Å². The number of rotatable bonds is 4. The Morgan fingerprint density at radius 3 is 2.47 bits per heavy atom. The minimum absolute atomic E-state index is 0.184. The van der Waals surface area contributed by atoms with Gasteiger partial charge >= 0.3 is 0 Å². The van der Waals surface area contributed by atoms with Gasteiger partial charge in [-0.2, -0.15) is 10.2 Å². The lowest BCUT2D eigenvalue weighted by atomic mass is 9.95. The maximum atomic E-state index is 14.4. The number of aryl methyl sites for hydroxylation is 1. The van der Waals surface area contributed by atoms with E-state index in [1.54, 1.807) is 25.2 Å². The summed E-state index contributed by atoms with van der Waals surface area (Å²) in [4.78, 5) is 9.01. The minimum atomic E-state index is -0.955. The lowest BCUT2D eigenvalue weighted by Gasteiger charge is -2.16. The molecule has 0 aliphatic heterocycles. The third-order valence-corrected chi connectivity index (χ3v) is 5.28. The molecule has 0 spiro atoms. The molecule has 0 fully saturated rings. The molecule has 0 saturated carbocycles. The highest BCUT2D eigenvalue weighted by atomic mass is 19.1. The molecule has 4 rings (SSSR count). The van der Waals surface area contributed by atoms with Crippen molar-refractivity contribution in [1.82, 2.24) is 9.97 Å². The Hall–Kier alpha value is -3.60. The Morgan fingerprint density at radius 2 is 1.83 bits per heavy atom. The van der Waals surface area contributed by atoms with Crippen LogP contribution in [0.5, 0.6) is 0 Å². The van der Waals surface area contributed by atoms with Crippen molar-refractivity contribution in [3.63, 3.8) is 0 Å². The normalized spacial score (nSPS) is 14.9. The van der Waals surface area contributed by atoms with Gasteiger partial charge in [-0.15, -0.1) is 0 Å². The first kappa shape index (κ1) is 19.7. The number of benzene rings is 2. The average Bonchev–Trinajstić information content (AvgIpc) is 3.10. The molecule has 1 aliphatic carbocycles. The van der Waals surface area contributed by atoms with Crippen LogP contribution in [0.15, 0.2) is 30.3 Å². The molecule has 152 valence electrons. The van der Waals surface area contributed by atoms with Gasteiger partial charge in [-0.25, -0.2) is 18.2 Å². The lowest BCUT2D eigenvalue weighted by Crippen LogP contribution is -2.10. The van der Waals surface area contributed by atoms with Gasteiger partial charge in [-0.05, 0) is 43.5 Å². The van der Waals surface area contributed by atoms with E-state index >= 15 is 0 Å². The summed E-state index contributed by atoms with van der Waals surface area (Å²) in [6.07, 6.45) is 0.986. The summed E-state index contributed by atoms with van der Waals surface area (Å²) in [5.41, 5.74) is 3.15. The number of nitrogens with one attached hydrogen (secondary N) is 2. The first-order valence-corrected chi connectivity index (χ1v) is 9.42. The SMILES string of the molecule is CNc1nc(Nc2ccc(C#N)c(C)c2)nc2c1CC[C@@H]2c1c(F)cc(F)cc1F. The van der Waals surface area contributed by atoms with E-state index in [1.807, 2.05) is 6.92 Å². The smallest absolute Gasteiger partial charge is 0.229 e. The van der Waals surface area contributed by atoms with E-state index in [2.05, 4.69) is 26.7 Å². The van der Waals surface area contributed by atoms with E-state index in [0.29, 0.717) is 47.7 Å². The first-order valence-electron chi connectivity index (χ1n) is 9.42. The van der Waals surface area contributed by atoms with Gasteiger partial charge in [-0.1, -0.05) is 0 Å². The third-order valence-electron chi connectivity index (χ3n) is 5.28. The van der Waals surface area contributed by atoms with Gasteiger partial charge in [-0.3, -0.25) is 0 Å².